The van der Waals surface area contributed by atoms with Crippen LogP contribution >= 0.6 is 23.8 Å². The molecule has 1 aliphatic heterocycles. The Morgan fingerprint density at radius 2 is 1.72 bits per heavy atom. The van der Waals surface area contributed by atoms with Crippen molar-refractivity contribution in [2.24, 2.45) is 0 Å². The summed E-state index contributed by atoms with van der Waals surface area (Å²) in [5.74, 6) is 0. The maximum atomic E-state index is 6.08. The lowest BCUT2D eigenvalue weighted by atomic mass is 10.0. The smallest absolute Gasteiger partial charge is 0.174 e. The molecule has 0 spiro atoms. The quantitative estimate of drug-likeness (QED) is 0.647. The Kier molecular flexibility index (Phi) is 4.47. The van der Waals surface area contributed by atoms with Crippen molar-refractivity contribution in [2.45, 2.75) is 12.6 Å². The van der Waals surface area contributed by atoms with Gasteiger partial charge in [0, 0.05) is 35.7 Å². The molecule has 2 aromatic carbocycles. The summed E-state index contributed by atoms with van der Waals surface area (Å²) in [6.45, 7) is 1.77. The van der Waals surface area contributed by atoms with E-state index in [0.29, 0.717) is 0 Å². The molecule has 1 N–H and O–H groups in total. The van der Waals surface area contributed by atoms with Gasteiger partial charge >= 0.3 is 0 Å². The minimum Gasteiger partial charge on any atom is -0.348 e. The zero-order valence-electron chi connectivity index (χ0n) is 13.6. The summed E-state index contributed by atoms with van der Waals surface area (Å²) in [4.78, 5) is 2.25. The molecule has 2 heterocycles. The number of thiocarbonyl (C=S) groups is 1. The highest BCUT2D eigenvalue weighted by atomic mass is 35.5. The molecule has 0 saturated carbocycles. The zero-order chi connectivity index (χ0) is 17.2. The Bertz CT molecular complexity index is 873. The predicted molar refractivity (Wildman–Crippen MR) is 107 cm³/mol. The molecule has 0 amide bonds. The van der Waals surface area contributed by atoms with E-state index >= 15 is 0 Å². The third kappa shape index (κ3) is 3.28. The minimum absolute atomic E-state index is 0.0738. The number of para-hydroxylation sites is 1. The highest BCUT2D eigenvalue weighted by Crippen LogP contribution is 2.33. The highest BCUT2D eigenvalue weighted by Gasteiger charge is 2.30. The summed E-state index contributed by atoms with van der Waals surface area (Å²) in [5, 5.41) is 4.84. The van der Waals surface area contributed by atoms with Crippen LogP contribution in [0.15, 0.2) is 72.9 Å². The van der Waals surface area contributed by atoms with E-state index in [9.17, 15) is 0 Å². The normalized spacial score (nSPS) is 16.4. The zero-order valence-corrected chi connectivity index (χ0v) is 15.2. The third-order valence-corrected chi connectivity index (χ3v) is 5.10. The number of hydrogen-bond donors (Lipinski definition) is 1. The number of hydrogen-bond acceptors (Lipinski definition) is 1. The minimum atomic E-state index is 0.0738. The topological polar surface area (TPSA) is 20.2 Å². The summed E-state index contributed by atoms with van der Waals surface area (Å²) in [6, 6.07) is 22.4. The standard InChI is InChI=1S/C20H18ClN3S/c21-16-10-8-15(9-11-16)19-18-7-4-12-23(18)13-14-24(19)20(25)22-17-5-2-1-3-6-17/h1-12,19H,13-14H2,(H,22,25)/t19-/m1/s1. The SMILES string of the molecule is S=C(Nc1ccccc1)N1CCn2cccc2[C@H]1c1ccc(Cl)cc1. The first-order chi connectivity index (χ1) is 12.2. The summed E-state index contributed by atoms with van der Waals surface area (Å²) < 4.78 is 2.29. The van der Waals surface area contributed by atoms with E-state index in [4.69, 9.17) is 23.8 Å². The van der Waals surface area contributed by atoms with E-state index in [1.165, 1.54) is 11.3 Å². The van der Waals surface area contributed by atoms with Crippen LogP contribution in [0.5, 0.6) is 0 Å². The van der Waals surface area contributed by atoms with Crippen molar-refractivity contribution in [3.05, 3.63) is 89.2 Å². The Hall–Kier alpha value is -2.30. The van der Waals surface area contributed by atoms with Crippen LogP contribution in [0, 0.1) is 0 Å². The van der Waals surface area contributed by atoms with Gasteiger partial charge in [0.15, 0.2) is 5.11 Å². The van der Waals surface area contributed by atoms with E-state index in [1.807, 2.05) is 42.5 Å². The van der Waals surface area contributed by atoms with Crippen molar-refractivity contribution in [3.8, 4) is 0 Å². The molecule has 5 heteroatoms. The molecule has 25 heavy (non-hydrogen) atoms. The van der Waals surface area contributed by atoms with Crippen LogP contribution in [-0.4, -0.2) is 21.1 Å². The number of rotatable bonds is 2. The van der Waals surface area contributed by atoms with Crippen molar-refractivity contribution < 1.29 is 0 Å². The van der Waals surface area contributed by atoms with Gasteiger partial charge in [0.25, 0.3) is 0 Å². The molecule has 0 bridgehead atoms. The number of anilines is 1. The van der Waals surface area contributed by atoms with Gasteiger partial charge in [-0.3, -0.25) is 0 Å². The van der Waals surface area contributed by atoms with Crippen molar-refractivity contribution in [3.63, 3.8) is 0 Å². The molecule has 0 unspecified atom stereocenters. The molecule has 0 fully saturated rings. The predicted octanol–water partition coefficient (Wildman–Crippen LogP) is 4.94. The molecule has 3 aromatic rings. The van der Waals surface area contributed by atoms with Crippen LogP contribution in [-0.2, 0) is 6.54 Å². The summed E-state index contributed by atoms with van der Waals surface area (Å²) >= 11 is 11.8. The van der Waals surface area contributed by atoms with Crippen LogP contribution in [0.4, 0.5) is 5.69 Å². The second-order valence-electron chi connectivity index (χ2n) is 6.07. The van der Waals surface area contributed by atoms with E-state index in [2.05, 4.69) is 45.2 Å². The monoisotopic (exact) mass is 367 g/mol. The molecular weight excluding hydrogens is 350 g/mol. The lowest BCUT2D eigenvalue weighted by Gasteiger charge is -2.39. The Morgan fingerprint density at radius 3 is 2.48 bits per heavy atom. The molecule has 126 valence electrons. The van der Waals surface area contributed by atoms with E-state index in [0.717, 1.165) is 28.9 Å². The van der Waals surface area contributed by atoms with Gasteiger partial charge in [0.1, 0.15) is 0 Å². The van der Waals surface area contributed by atoms with Crippen LogP contribution in [0.2, 0.25) is 5.02 Å². The maximum Gasteiger partial charge on any atom is 0.174 e. The third-order valence-electron chi connectivity index (χ3n) is 4.51. The van der Waals surface area contributed by atoms with Crippen molar-refractivity contribution >= 4 is 34.6 Å². The summed E-state index contributed by atoms with van der Waals surface area (Å²) in [6.07, 6.45) is 2.13. The van der Waals surface area contributed by atoms with Crippen LogP contribution < -0.4 is 5.32 Å². The fourth-order valence-corrected chi connectivity index (χ4v) is 3.76. The number of benzene rings is 2. The average molecular weight is 368 g/mol. The molecule has 1 aromatic heterocycles. The Labute approximate surface area is 157 Å². The molecule has 0 saturated heterocycles. The first-order valence-electron chi connectivity index (χ1n) is 8.25. The van der Waals surface area contributed by atoms with Crippen LogP contribution in [0.1, 0.15) is 17.3 Å². The molecule has 0 aliphatic carbocycles. The van der Waals surface area contributed by atoms with Gasteiger partial charge < -0.3 is 14.8 Å². The number of nitrogens with zero attached hydrogens (tertiary/aromatic N) is 2. The van der Waals surface area contributed by atoms with Crippen molar-refractivity contribution in [1.29, 1.82) is 0 Å². The number of nitrogens with one attached hydrogen (secondary N) is 1. The highest BCUT2D eigenvalue weighted by molar-refractivity contribution is 7.80. The fraction of sp³-hybridized carbons (Fsp3) is 0.150. The first-order valence-corrected chi connectivity index (χ1v) is 9.04. The lowest BCUT2D eigenvalue weighted by molar-refractivity contribution is 0.293. The molecule has 3 nitrogen and oxygen atoms in total. The number of fused-ring (bicyclic) bond motifs is 1. The van der Waals surface area contributed by atoms with Gasteiger partial charge in [0.2, 0.25) is 0 Å². The van der Waals surface area contributed by atoms with Gasteiger partial charge in [-0.05, 0) is 54.2 Å². The first kappa shape index (κ1) is 16.2. The van der Waals surface area contributed by atoms with Crippen molar-refractivity contribution in [1.82, 2.24) is 9.47 Å². The summed E-state index contributed by atoms with van der Waals surface area (Å²) in [7, 11) is 0. The molecule has 1 atom stereocenters. The average Bonchev–Trinajstić information content (AvgIpc) is 3.11. The molecule has 0 radical (unpaired) electrons. The van der Waals surface area contributed by atoms with Gasteiger partial charge in [-0.15, -0.1) is 0 Å². The van der Waals surface area contributed by atoms with E-state index in [-0.39, 0.29) is 6.04 Å². The Morgan fingerprint density at radius 1 is 0.960 bits per heavy atom. The fourth-order valence-electron chi connectivity index (χ4n) is 3.31. The van der Waals surface area contributed by atoms with E-state index in [1.54, 1.807) is 0 Å². The molecular formula is C20H18ClN3S. The number of halogens is 1. The largest absolute Gasteiger partial charge is 0.348 e. The molecule has 1 aliphatic rings. The number of aromatic nitrogens is 1. The lowest BCUT2D eigenvalue weighted by Crippen LogP contribution is -2.44. The molecule has 4 rings (SSSR count). The van der Waals surface area contributed by atoms with Gasteiger partial charge in [-0.1, -0.05) is 41.9 Å². The second kappa shape index (κ2) is 6.90. The summed E-state index contributed by atoms with van der Waals surface area (Å²) in [5.41, 5.74) is 3.43. The van der Waals surface area contributed by atoms with Gasteiger partial charge in [-0.2, -0.15) is 0 Å². The van der Waals surface area contributed by atoms with Crippen LogP contribution in [0.25, 0.3) is 0 Å². The van der Waals surface area contributed by atoms with Gasteiger partial charge in [0.05, 0.1) is 6.04 Å². The maximum absolute atomic E-state index is 6.08. The second-order valence-corrected chi connectivity index (χ2v) is 6.89. The van der Waals surface area contributed by atoms with Gasteiger partial charge in [-0.25, -0.2) is 0 Å². The van der Waals surface area contributed by atoms with Crippen molar-refractivity contribution in [2.75, 3.05) is 11.9 Å². The van der Waals surface area contributed by atoms with Crippen LogP contribution in [0.3, 0.4) is 0 Å². The Balaban J connectivity index is 1.68. The van der Waals surface area contributed by atoms with E-state index < -0.39 is 0 Å².